The van der Waals surface area contributed by atoms with Gasteiger partial charge in [0.2, 0.25) is 0 Å². The predicted octanol–water partition coefficient (Wildman–Crippen LogP) is 16.7. The van der Waals surface area contributed by atoms with Gasteiger partial charge in [-0.1, -0.05) is 194 Å². The Kier molecular flexibility index (Phi) is 8.53. The van der Waals surface area contributed by atoms with Crippen molar-refractivity contribution in [3.8, 4) is 39.1 Å². The van der Waals surface area contributed by atoms with Crippen molar-refractivity contribution in [2.24, 2.45) is 0 Å². The summed E-state index contributed by atoms with van der Waals surface area (Å²) in [5.74, 6) is 0. The number of anilines is 3. The monoisotopic (exact) mass is 788 g/mol. The van der Waals surface area contributed by atoms with Gasteiger partial charge < -0.3 is 9.47 Å². The molecule has 290 valence electrons. The van der Waals surface area contributed by atoms with Crippen LogP contribution in [0, 0.1) is 0 Å². The fourth-order valence-corrected chi connectivity index (χ4v) is 9.84. The zero-order chi connectivity index (χ0) is 41.0. The van der Waals surface area contributed by atoms with Gasteiger partial charge >= 0.3 is 0 Å². The molecule has 0 fully saturated rings. The van der Waals surface area contributed by atoms with Gasteiger partial charge in [0.1, 0.15) is 0 Å². The molecular weight excluding hydrogens is 749 g/mol. The molecule has 0 bridgehead atoms. The lowest BCUT2D eigenvalue weighted by Gasteiger charge is -2.28. The van der Waals surface area contributed by atoms with E-state index in [1.165, 1.54) is 87.7 Å². The number of para-hydroxylation sites is 1. The third-order valence-corrected chi connectivity index (χ3v) is 12.5. The molecule has 0 amide bonds. The molecule has 0 N–H and O–H groups in total. The lowest BCUT2D eigenvalue weighted by molar-refractivity contribution is 1.20. The molecule has 1 aromatic heterocycles. The average Bonchev–Trinajstić information content (AvgIpc) is 3.69. The molecule has 1 heterocycles. The van der Waals surface area contributed by atoms with Crippen molar-refractivity contribution in [1.82, 2.24) is 4.57 Å². The number of fused-ring (bicyclic) bond motifs is 7. The van der Waals surface area contributed by atoms with Crippen molar-refractivity contribution in [2.45, 2.75) is 0 Å². The molecular formula is C60H40N2. The maximum atomic E-state index is 2.47. The zero-order valence-corrected chi connectivity index (χ0v) is 34.0. The van der Waals surface area contributed by atoms with Gasteiger partial charge in [-0.25, -0.2) is 0 Å². The minimum atomic E-state index is 1.09. The van der Waals surface area contributed by atoms with Gasteiger partial charge in [-0.05, 0) is 109 Å². The summed E-state index contributed by atoms with van der Waals surface area (Å²) in [6.07, 6.45) is 0. The van der Waals surface area contributed by atoms with Crippen molar-refractivity contribution in [3.05, 3.63) is 243 Å². The Morgan fingerprint density at radius 1 is 0.290 bits per heavy atom. The summed E-state index contributed by atoms with van der Waals surface area (Å²) in [7, 11) is 0. The molecule has 0 aliphatic rings. The Balaban J connectivity index is 1.18. The highest BCUT2D eigenvalue weighted by Crippen LogP contribution is 2.49. The van der Waals surface area contributed by atoms with E-state index in [2.05, 4.69) is 252 Å². The van der Waals surface area contributed by atoms with Crippen LogP contribution in [0.5, 0.6) is 0 Å². The molecule has 0 spiro atoms. The van der Waals surface area contributed by atoms with E-state index in [4.69, 9.17) is 0 Å². The summed E-state index contributed by atoms with van der Waals surface area (Å²) in [6, 6.07) is 88.6. The molecule has 12 aromatic rings. The highest BCUT2D eigenvalue weighted by Gasteiger charge is 2.24. The molecule has 2 nitrogen and oxygen atoms in total. The van der Waals surface area contributed by atoms with E-state index in [-0.39, 0.29) is 0 Å². The minimum absolute atomic E-state index is 1.09. The largest absolute Gasteiger partial charge is 0.310 e. The van der Waals surface area contributed by atoms with Gasteiger partial charge in [-0.3, -0.25) is 0 Å². The molecule has 0 unspecified atom stereocenters. The zero-order valence-electron chi connectivity index (χ0n) is 34.0. The van der Waals surface area contributed by atoms with Gasteiger partial charge in [-0.2, -0.15) is 0 Å². The first-order valence-corrected chi connectivity index (χ1v) is 21.4. The van der Waals surface area contributed by atoms with Crippen LogP contribution >= 0.6 is 0 Å². The van der Waals surface area contributed by atoms with Crippen LogP contribution in [0.15, 0.2) is 243 Å². The molecule has 0 aliphatic carbocycles. The molecule has 62 heavy (non-hydrogen) atoms. The number of rotatable bonds is 7. The van der Waals surface area contributed by atoms with Crippen LogP contribution in [0.2, 0.25) is 0 Å². The van der Waals surface area contributed by atoms with Gasteiger partial charge in [0.25, 0.3) is 0 Å². The van der Waals surface area contributed by atoms with E-state index in [0.29, 0.717) is 0 Å². The van der Waals surface area contributed by atoms with Crippen molar-refractivity contribution in [3.63, 3.8) is 0 Å². The quantitative estimate of drug-likeness (QED) is 0.146. The average molecular weight is 789 g/mol. The number of benzene rings is 11. The maximum Gasteiger partial charge on any atom is 0.0562 e. The molecule has 12 rings (SSSR count). The third-order valence-electron chi connectivity index (χ3n) is 12.5. The van der Waals surface area contributed by atoms with Gasteiger partial charge in [-0.15, -0.1) is 0 Å². The van der Waals surface area contributed by atoms with Crippen molar-refractivity contribution >= 4 is 71.2 Å². The van der Waals surface area contributed by atoms with Crippen LogP contribution in [0.1, 0.15) is 0 Å². The molecule has 0 saturated carbocycles. The Labute approximate surface area is 360 Å². The second-order valence-electron chi connectivity index (χ2n) is 16.0. The molecule has 11 aromatic carbocycles. The fourth-order valence-electron chi connectivity index (χ4n) is 9.84. The van der Waals surface area contributed by atoms with E-state index in [0.717, 1.165) is 22.6 Å². The second-order valence-corrected chi connectivity index (χ2v) is 16.0. The fraction of sp³-hybridized carbons (Fsp3) is 0. The van der Waals surface area contributed by atoms with Gasteiger partial charge in [0, 0.05) is 27.5 Å². The first kappa shape index (κ1) is 35.7. The van der Waals surface area contributed by atoms with Gasteiger partial charge in [0.15, 0.2) is 0 Å². The van der Waals surface area contributed by atoms with Crippen LogP contribution < -0.4 is 4.90 Å². The molecule has 0 saturated heterocycles. The Morgan fingerprint density at radius 3 is 1.52 bits per heavy atom. The lowest BCUT2D eigenvalue weighted by atomic mass is 9.85. The SMILES string of the molecule is c1ccc(-c2ccc(N(c3ccc4c(c3)c(-c3ccccc3)c(-c3ccccc3)c3ccccc34)c3cccc4c3c3ccccc3n4-c3cccc4ccccc34)cc2)cc1. The van der Waals surface area contributed by atoms with Gasteiger partial charge in [0.05, 0.1) is 22.4 Å². The second kappa shape index (κ2) is 14.8. The van der Waals surface area contributed by atoms with Crippen LogP contribution in [-0.2, 0) is 0 Å². The highest BCUT2D eigenvalue weighted by molar-refractivity contribution is 6.23. The smallest absolute Gasteiger partial charge is 0.0562 e. The summed E-state index contributed by atoms with van der Waals surface area (Å²) in [5.41, 5.74) is 14.1. The first-order chi connectivity index (χ1) is 30.8. The number of nitrogens with zero attached hydrogens (tertiary/aromatic N) is 2. The number of hydrogen-bond donors (Lipinski definition) is 0. The predicted molar refractivity (Wildman–Crippen MR) is 264 cm³/mol. The molecule has 2 heteroatoms. The normalized spacial score (nSPS) is 11.5. The van der Waals surface area contributed by atoms with E-state index in [1.807, 2.05) is 0 Å². The summed E-state index contributed by atoms with van der Waals surface area (Å²) in [5, 5.41) is 9.79. The van der Waals surface area contributed by atoms with Crippen LogP contribution in [0.25, 0.3) is 93.2 Å². The number of aromatic nitrogens is 1. The summed E-state index contributed by atoms with van der Waals surface area (Å²) in [6.45, 7) is 0. The standard InChI is InChI=1S/C60H40N2/c1-4-18-41(19-5-1)42-34-36-46(37-35-42)61(56-32-17-33-57-60(56)52-29-14-15-30-55(52)62(57)54-31-16-25-43-20-10-11-26-48(43)54)47-38-39-50-49-27-12-13-28-51(49)58(44-21-6-2-7-22-44)59(53(50)40-47)45-23-8-3-9-24-45/h1-40H. The molecule has 0 radical (unpaired) electrons. The Hall–Kier alpha value is -8.20. The van der Waals surface area contributed by atoms with E-state index >= 15 is 0 Å². The first-order valence-electron chi connectivity index (χ1n) is 21.4. The lowest BCUT2D eigenvalue weighted by Crippen LogP contribution is -2.10. The summed E-state index contributed by atoms with van der Waals surface area (Å²) < 4.78 is 2.46. The third kappa shape index (κ3) is 5.80. The van der Waals surface area contributed by atoms with E-state index in [9.17, 15) is 0 Å². The summed E-state index contributed by atoms with van der Waals surface area (Å²) >= 11 is 0. The minimum Gasteiger partial charge on any atom is -0.310 e. The van der Waals surface area contributed by atoms with Crippen molar-refractivity contribution in [1.29, 1.82) is 0 Å². The van der Waals surface area contributed by atoms with Crippen molar-refractivity contribution < 1.29 is 0 Å². The highest BCUT2D eigenvalue weighted by atomic mass is 15.1. The maximum absolute atomic E-state index is 2.47. The van der Waals surface area contributed by atoms with Crippen LogP contribution in [-0.4, -0.2) is 4.57 Å². The van der Waals surface area contributed by atoms with Crippen LogP contribution in [0.4, 0.5) is 17.1 Å². The summed E-state index contributed by atoms with van der Waals surface area (Å²) in [4.78, 5) is 2.47. The Morgan fingerprint density at radius 2 is 0.790 bits per heavy atom. The van der Waals surface area contributed by atoms with E-state index < -0.39 is 0 Å². The van der Waals surface area contributed by atoms with E-state index in [1.54, 1.807) is 0 Å². The Bertz CT molecular complexity index is 3600. The van der Waals surface area contributed by atoms with Crippen molar-refractivity contribution in [2.75, 3.05) is 4.90 Å². The number of hydrogen-bond acceptors (Lipinski definition) is 1. The molecule has 0 atom stereocenters. The topological polar surface area (TPSA) is 8.17 Å². The molecule has 0 aliphatic heterocycles. The van der Waals surface area contributed by atoms with Crippen LogP contribution in [0.3, 0.4) is 0 Å².